The molecule has 2 saturated carbocycles. The first-order chi connectivity index (χ1) is 22.5. The zero-order chi connectivity index (χ0) is 33.3. The van der Waals surface area contributed by atoms with Crippen LogP contribution in [0.3, 0.4) is 0 Å². The zero-order valence-corrected chi connectivity index (χ0v) is 26.2. The van der Waals surface area contributed by atoms with Gasteiger partial charge in [0.2, 0.25) is 36.6 Å². The van der Waals surface area contributed by atoms with E-state index < -0.39 is 10.8 Å². The Morgan fingerprint density at radius 1 is 0.745 bits per heavy atom. The summed E-state index contributed by atoms with van der Waals surface area (Å²) in [6, 6.07) is 13.9. The minimum Gasteiger partial charge on any atom is -0.454 e. The Labute approximate surface area is 272 Å². The number of halogens is 1. The number of H-pyrrole nitrogens is 2. The van der Waals surface area contributed by atoms with E-state index >= 15 is 0 Å². The Hall–Kier alpha value is -5.37. The van der Waals surface area contributed by atoms with Gasteiger partial charge < -0.3 is 24.7 Å². The van der Waals surface area contributed by atoms with Gasteiger partial charge in [0.1, 0.15) is 0 Å². The third kappa shape index (κ3) is 6.77. The van der Waals surface area contributed by atoms with E-state index in [0.29, 0.717) is 28.6 Å². The molecular formula is C32H31ClN6O8. The number of rotatable bonds is 5. The fourth-order valence-electron chi connectivity index (χ4n) is 5.35. The van der Waals surface area contributed by atoms with Crippen LogP contribution in [0.1, 0.15) is 48.2 Å². The van der Waals surface area contributed by atoms with Crippen LogP contribution in [0.15, 0.2) is 58.1 Å². The van der Waals surface area contributed by atoms with E-state index in [9.17, 15) is 19.2 Å². The highest BCUT2D eigenvalue weighted by molar-refractivity contribution is 6.66. The van der Waals surface area contributed by atoms with Crippen molar-refractivity contribution in [3.8, 4) is 23.0 Å². The number of amides is 1. The van der Waals surface area contributed by atoms with E-state index in [4.69, 9.17) is 36.3 Å². The monoisotopic (exact) mass is 662 g/mol. The number of nitrogen functional groups attached to an aromatic ring is 1. The van der Waals surface area contributed by atoms with Crippen LogP contribution >= 0.6 is 11.6 Å². The zero-order valence-electron chi connectivity index (χ0n) is 25.5. The molecule has 15 heteroatoms. The molecule has 0 spiro atoms. The Balaban J connectivity index is 0.000000138. The molecule has 2 aliphatic carbocycles. The molecule has 8 rings (SSSR count). The molecule has 0 unspecified atom stereocenters. The molecule has 0 bridgehead atoms. The van der Waals surface area contributed by atoms with Gasteiger partial charge in [-0.1, -0.05) is 12.1 Å². The lowest BCUT2D eigenvalue weighted by molar-refractivity contribution is -0.118. The Kier molecular flexibility index (Phi) is 8.36. The Bertz CT molecular complexity index is 1960. The SMILES string of the molecule is Cc1cc(=O)[nH]c(N)n1.Cc1cc(=O)[nH]c(NC(=O)C2(c3ccc4c(c3)OCO4)CC2)n1.O=C(Cl)C1(c2ccc3c(c2)OCO3)CC1. The number of nitrogens with zero attached hydrogens (tertiary/aromatic N) is 2. The molecule has 2 aliphatic heterocycles. The number of fused-ring (bicyclic) bond motifs is 2. The lowest BCUT2D eigenvalue weighted by Gasteiger charge is -2.15. The van der Waals surface area contributed by atoms with Crippen LogP contribution in [-0.2, 0) is 20.4 Å². The molecule has 47 heavy (non-hydrogen) atoms. The third-order valence-electron chi connectivity index (χ3n) is 8.15. The van der Waals surface area contributed by atoms with Gasteiger partial charge in [0.05, 0.1) is 10.8 Å². The van der Waals surface area contributed by atoms with E-state index in [-0.39, 0.29) is 47.8 Å². The minimum atomic E-state index is -0.594. The largest absolute Gasteiger partial charge is 0.454 e. The molecule has 4 aliphatic rings. The molecule has 14 nitrogen and oxygen atoms in total. The van der Waals surface area contributed by atoms with Crippen LogP contribution < -0.4 is 41.1 Å². The maximum atomic E-state index is 12.7. The van der Waals surface area contributed by atoms with Crippen molar-refractivity contribution in [2.75, 3.05) is 24.6 Å². The van der Waals surface area contributed by atoms with Crippen molar-refractivity contribution in [2.45, 2.75) is 50.4 Å². The van der Waals surface area contributed by atoms with Gasteiger partial charge in [0, 0.05) is 23.5 Å². The molecule has 2 fully saturated rings. The summed E-state index contributed by atoms with van der Waals surface area (Å²) in [4.78, 5) is 58.8. The normalized spacial score (nSPS) is 16.5. The molecule has 244 valence electrons. The average Bonchev–Trinajstić information content (AvgIpc) is 3.90. The summed E-state index contributed by atoms with van der Waals surface area (Å²) in [5.41, 5.74) is 6.65. The van der Waals surface area contributed by atoms with Gasteiger partial charge in [-0.2, -0.15) is 0 Å². The number of ether oxygens (including phenoxy) is 4. The highest BCUT2D eigenvalue weighted by Gasteiger charge is 2.52. The number of benzene rings is 2. The standard InChI is InChI=1S/C16H15N3O4.C11H9ClO3.C5H7N3O/c1-9-6-13(20)18-15(17-9)19-14(21)16(4-5-16)10-2-3-11-12(7-10)23-8-22-11;12-10(13)11(3-4-11)7-1-2-8-9(5-7)15-6-14-8;1-3-2-4(9)8-5(6)7-3/h2-3,6-7H,4-5,8H2,1H3,(H2,17,18,19,20,21);1-2,5H,3-4,6H2;2H,1H3,(H3,6,7,8,9). The number of hydrogen-bond donors (Lipinski definition) is 4. The first kappa shape index (κ1) is 31.6. The van der Waals surface area contributed by atoms with E-state index in [1.807, 2.05) is 36.4 Å². The molecule has 2 aromatic heterocycles. The van der Waals surface area contributed by atoms with E-state index in [0.717, 1.165) is 42.6 Å². The number of anilines is 2. The predicted octanol–water partition coefficient (Wildman–Crippen LogP) is 3.35. The van der Waals surface area contributed by atoms with Crippen LogP contribution in [-0.4, -0.2) is 44.7 Å². The quantitative estimate of drug-likeness (QED) is 0.228. The summed E-state index contributed by atoms with van der Waals surface area (Å²) < 4.78 is 21.1. The second kappa shape index (κ2) is 12.4. The van der Waals surface area contributed by atoms with Crippen molar-refractivity contribution in [2.24, 2.45) is 0 Å². The summed E-state index contributed by atoms with van der Waals surface area (Å²) >= 11 is 5.61. The van der Waals surface area contributed by atoms with Crippen molar-refractivity contribution in [1.82, 2.24) is 19.9 Å². The van der Waals surface area contributed by atoms with Crippen molar-refractivity contribution >= 4 is 34.6 Å². The number of hydrogen-bond acceptors (Lipinski definition) is 11. The number of aryl methyl sites for hydroxylation is 2. The lowest BCUT2D eigenvalue weighted by atomic mass is 9.94. The molecule has 2 aromatic carbocycles. The molecule has 4 aromatic rings. The number of nitrogens with one attached hydrogen (secondary N) is 3. The van der Waals surface area contributed by atoms with Gasteiger partial charge >= 0.3 is 0 Å². The van der Waals surface area contributed by atoms with Gasteiger partial charge in [0.25, 0.3) is 11.1 Å². The first-order valence-electron chi connectivity index (χ1n) is 14.7. The van der Waals surface area contributed by atoms with Crippen molar-refractivity contribution < 1.29 is 28.5 Å². The number of carbonyl (C=O) groups excluding carboxylic acids is 2. The Morgan fingerprint density at radius 2 is 1.23 bits per heavy atom. The van der Waals surface area contributed by atoms with Crippen molar-refractivity contribution in [3.63, 3.8) is 0 Å². The fourth-order valence-corrected chi connectivity index (χ4v) is 5.65. The summed E-state index contributed by atoms with van der Waals surface area (Å²) in [7, 11) is 0. The van der Waals surface area contributed by atoms with Gasteiger partial charge in [-0.3, -0.25) is 34.5 Å². The van der Waals surface area contributed by atoms with E-state index in [1.165, 1.54) is 12.1 Å². The number of nitrogens with two attached hydrogens (primary N) is 1. The molecule has 0 saturated heterocycles. The summed E-state index contributed by atoms with van der Waals surface area (Å²) in [5, 5.41) is 2.44. The highest BCUT2D eigenvalue weighted by atomic mass is 35.5. The average molecular weight is 663 g/mol. The molecule has 4 heterocycles. The minimum absolute atomic E-state index is 0.167. The maximum absolute atomic E-state index is 12.7. The second-order valence-corrected chi connectivity index (χ2v) is 11.9. The van der Waals surface area contributed by atoms with Gasteiger partial charge in [-0.15, -0.1) is 0 Å². The summed E-state index contributed by atoms with van der Waals surface area (Å²) in [5.74, 6) is 2.95. The molecule has 0 atom stereocenters. The highest BCUT2D eigenvalue weighted by Crippen LogP contribution is 2.52. The number of aromatic amines is 2. The van der Waals surface area contributed by atoms with Gasteiger partial charge in [0.15, 0.2) is 23.0 Å². The topological polar surface area (TPSA) is 201 Å². The van der Waals surface area contributed by atoms with E-state index in [2.05, 4.69) is 25.3 Å². The third-order valence-corrected chi connectivity index (χ3v) is 8.51. The van der Waals surface area contributed by atoms with Crippen LogP contribution in [0.25, 0.3) is 0 Å². The molecule has 0 radical (unpaired) electrons. The predicted molar refractivity (Wildman–Crippen MR) is 170 cm³/mol. The second-order valence-electron chi connectivity index (χ2n) is 11.5. The maximum Gasteiger partial charge on any atom is 0.252 e. The van der Waals surface area contributed by atoms with Gasteiger partial charge in [-0.25, -0.2) is 9.97 Å². The molecule has 1 amide bonds. The van der Waals surface area contributed by atoms with Crippen LogP contribution in [0.2, 0.25) is 0 Å². The van der Waals surface area contributed by atoms with Crippen molar-refractivity contribution in [3.05, 3.63) is 91.8 Å². The Morgan fingerprint density at radius 3 is 1.70 bits per heavy atom. The van der Waals surface area contributed by atoms with Gasteiger partial charge in [-0.05, 0) is 86.5 Å². The molecular weight excluding hydrogens is 632 g/mol. The summed E-state index contributed by atoms with van der Waals surface area (Å²) in [6.45, 7) is 3.87. The fraction of sp³-hybridized carbons (Fsp3) is 0.312. The number of aromatic nitrogens is 4. The van der Waals surface area contributed by atoms with Crippen molar-refractivity contribution in [1.29, 1.82) is 0 Å². The van der Waals surface area contributed by atoms with Crippen LogP contribution in [0.4, 0.5) is 11.9 Å². The first-order valence-corrected chi connectivity index (χ1v) is 15.1. The lowest BCUT2D eigenvalue weighted by Crippen LogP contribution is -2.29. The smallest absolute Gasteiger partial charge is 0.252 e. The summed E-state index contributed by atoms with van der Waals surface area (Å²) in [6.07, 6.45) is 3.15. The van der Waals surface area contributed by atoms with E-state index in [1.54, 1.807) is 13.8 Å². The van der Waals surface area contributed by atoms with Crippen LogP contribution in [0.5, 0.6) is 23.0 Å². The number of carbonyl (C=O) groups is 2. The molecule has 5 N–H and O–H groups in total. The van der Waals surface area contributed by atoms with Crippen LogP contribution in [0, 0.1) is 13.8 Å².